The van der Waals surface area contributed by atoms with Crippen molar-refractivity contribution >= 4 is 11.6 Å². The van der Waals surface area contributed by atoms with E-state index in [4.69, 9.17) is 10.5 Å². The van der Waals surface area contributed by atoms with Crippen LogP contribution in [0.15, 0.2) is 18.2 Å². The highest BCUT2D eigenvalue weighted by Crippen LogP contribution is 2.21. The quantitative estimate of drug-likeness (QED) is 0.850. The SMILES string of the molecule is COCC1CCN(C(=O)c2cc(N)ccc2F)CC1. The molecule has 1 amide bonds. The summed E-state index contributed by atoms with van der Waals surface area (Å²) in [5, 5.41) is 0. The molecular weight excluding hydrogens is 247 g/mol. The number of carbonyl (C=O) groups excluding carboxylic acids is 1. The monoisotopic (exact) mass is 266 g/mol. The minimum atomic E-state index is -0.516. The smallest absolute Gasteiger partial charge is 0.256 e. The molecule has 1 aliphatic heterocycles. The number of hydrogen-bond donors (Lipinski definition) is 1. The van der Waals surface area contributed by atoms with Gasteiger partial charge < -0.3 is 15.4 Å². The molecule has 104 valence electrons. The van der Waals surface area contributed by atoms with Gasteiger partial charge in [-0.2, -0.15) is 0 Å². The van der Waals surface area contributed by atoms with E-state index in [1.54, 1.807) is 12.0 Å². The number of rotatable bonds is 3. The summed E-state index contributed by atoms with van der Waals surface area (Å²) in [4.78, 5) is 13.9. The van der Waals surface area contributed by atoms with Crippen molar-refractivity contribution in [2.45, 2.75) is 12.8 Å². The van der Waals surface area contributed by atoms with Crippen LogP contribution in [0.25, 0.3) is 0 Å². The van der Waals surface area contributed by atoms with Crippen molar-refractivity contribution in [2.75, 3.05) is 32.5 Å². The first-order chi connectivity index (χ1) is 9.11. The van der Waals surface area contributed by atoms with Crippen LogP contribution >= 0.6 is 0 Å². The number of likely N-dealkylation sites (tertiary alicyclic amines) is 1. The fourth-order valence-corrected chi connectivity index (χ4v) is 2.42. The number of carbonyl (C=O) groups is 1. The molecule has 1 aromatic carbocycles. The number of amides is 1. The molecule has 1 saturated heterocycles. The van der Waals surface area contributed by atoms with Gasteiger partial charge in [0.1, 0.15) is 5.82 Å². The molecular formula is C14H19FN2O2. The van der Waals surface area contributed by atoms with Crippen LogP contribution in [0.2, 0.25) is 0 Å². The van der Waals surface area contributed by atoms with Gasteiger partial charge in [0.2, 0.25) is 0 Å². The van der Waals surface area contributed by atoms with Gasteiger partial charge in [0.05, 0.1) is 5.56 Å². The van der Waals surface area contributed by atoms with E-state index in [0.29, 0.717) is 31.3 Å². The van der Waals surface area contributed by atoms with Gasteiger partial charge in [-0.15, -0.1) is 0 Å². The number of halogens is 1. The number of hydrogen-bond acceptors (Lipinski definition) is 3. The summed E-state index contributed by atoms with van der Waals surface area (Å²) >= 11 is 0. The molecule has 0 unspecified atom stereocenters. The molecule has 1 aromatic rings. The van der Waals surface area contributed by atoms with Crippen LogP contribution in [-0.2, 0) is 4.74 Å². The topological polar surface area (TPSA) is 55.6 Å². The first kappa shape index (κ1) is 13.8. The highest BCUT2D eigenvalue weighted by molar-refractivity contribution is 5.95. The fourth-order valence-electron chi connectivity index (χ4n) is 2.42. The van der Waals surface area contributed by atoms with Crippen LogP contribution in [0.3, 0.4) is 0 Å². The maximum atomic E-state index is 13.6. The van der Waals surface area contributed by atoms with Crippen LogP contribution in [0.4, 0.5) is 10.1 Å². The van der Waals surface area contributed by atoms with Crippen LogP contribution in [0.5, 0.6) is 0 Å². The summed E-state index contributed by atoms with van der Waals surface area (Å²) in [6, 6.07) is 4.09. The molecule has 1 heterocycles. The molecule has 0 aromatic heterocycles. The van der Waals surface area contributed by atoms with Gasteiger partial charge in [-0.05, 0) is 37.0 Å². The fraction of sp³-hybridized carbons (Fsp3) is 0.500. The van der Waals surface area contributed by atoms with Crippen molar-refractivity contribution in [3.63, 3.8) is 0 Å². The second-order valence-corrected chi connectivity index (χ2v) is 4.93. The van der Waals surface area contributed by atoms with Gasteiger partial charge in [0, 0.05) is 32.5 Å². The van der Waals surface area contributed by atoms with Crippen LogP contribution in [-0.4, -0.2) is 37.6 Å². The Morgan fingerprint density at radius 2 is 2.16 bits per heavy atom. The van der Waals surface area contributed by atoms with E-state index in [2.05, 4.69) is 0 Å². The Morgan fingerprint density at radius 3 is 2.79 bits per heavy atom. The lowest BCUT2D eigenvalue weighted by Gasteiger charge is -2.31. The van der Waals surface area contributed by atoms with E-state index in [-0.39, 0.29) is 11.5 Å². The number of anilines is 1. The van der Waals surface area contributed by atoms with E-state index < -0.39 is 5.82 Å². The average molecular weight is 266 g/mol. The number of benzene rings is 1. The Kier molecular flexibility index (Phi) is 4.37. The minimum absolute atomic E-state index is 0.0604. The number of methoxy groups -OCH3 is 1. The largest absolute Gasteiger partial charge is 0.399 e. The third-order valence-electron chi connectivity index (χ3n) is 3.52. The third-order valence-corrected chi connectivity index (χ3v) is 3.52. The highest BCUT2D eigenvalue weighted by atomic mass is 19.1. The lowest BCUT2D eigenvalue weighted by atomic mass is 9.97. The number of nitrogens with zero attached hydrogens (tertiary/aromatic N) is 1. The zero-order valence-corrected chi connectivity index (χ0v) is 11.1. The molecule has 19 heavy (non-hydrogen) atoms. The normalized spacial score (nSPS) is 16.6. The Balaban J connectivity index is 2.03. The summed E-state index contributed by atoms with van der Waals surface area (Å²) in [5.74, 6) is -0.307. The van der Waals surface area contributed by atoms with E-state index in [1.165, 1.54) is 18.2 Å². The lowest BCUT2D eigenvalue weighted by Crippen LogP contribution is -2.39. The Hall–Kier alpha value is -1.62. The zero-order valence-electron chi connectivity index (χ0n) is 11.1. The highest BCUT2D eigenvalue weighted by Gasteiger charge is 2.25. The molecule has 5 heteroatoms. The molecule has 0 spiro atoms. The van der Waals surface area contributed by atoms with Crippen LogP contribution < -0.4 is 5.73 Å². The van der Waals surface area contributed by atoms with Crippen LogP contribution in [0, 0.1) is 11.7 Å². The Bertz CT molecular complexity index is 457. The molecule has 4 nitrogen and oxygen atoms in total. The molecule has 0 atom stereocenters. The van der Waals surface area contributed by atoms with Gasteiger partial charge in [-0.25, -0.2) is 4.39 Å². The average Bonchev–Trinajstić information content (AvgIpc) is 2.42. The van der Waals surface area contributed by atoms with Crippen molar-refractivity contribution in [3.8, 4) is 0 Å². The minimum Gasteiger partial charge on any atom is -0.399 e. The molecule has 2 N–H and O–H groups in total. The molecule has 0 radical (unpaired) electrons. The molecule has 0 aliphatic carbocycles. The van der Waals surface area contributed by atoms with Gasteiger partial charge in [-0.3, -0.25) is 4.79 Å². The van der Waals surface area contributed by atoms with E-state index in [0.717, 1.165) is 12.8 Å². The summed E-state index contributed by atoms with van der Waals surface area (Å²) in [6.45, 7) is 2.00. The second-order valence-electron chi connectivity index (χ2n) is 4.93. The predicted molar refractivity (Wildman–Crippen MR) is 71.3 cm³/mol. The summed E-state index contributed by atoms with van der Waals surface area (Å²) in [5.41, 5.74) is 6.06. The van der Waals surface area contributed by atoms with Crippen molar-refractivity contribution in [1.82, 2.24) is 4.90 Å². The van der Waals surface area contributed by atoms with Crippen molar-refractivity contribution in [3.05, 3.63) is 29.6 Å². The van der Waals surface area contributed by atoms with E-state index >= 15 is 0 Å². The number of piperidine rings is 1. The number of nitrogens with two attached hydrogens (primary N) is 1. The molecule has 1 fully saturated rings. The molecule has 0 bridgehead atoms. The maximum Gasteiger partial charge on any atom is 0.256 e. The second kappa shape index (κ2) is 6.02. The van der Waals surface area contributed by atoms with Crippen molar-refractivity contribution < 1.29 is 13.9 Å². The van der Waals surface area contributed by atoms with Crippen molar-refractivity contribution in [2.24, 2.45) is 5.92 Å². The Labute approximate surface area is 112 Å². The summed E-state index contributed by atoms with van der Waals surface area (Å²) < 4.78 is 18.8. The first-order valence-corrected chi connectivity index (χ1v) is 6.45. The van der Waals surface area contributed by atoms with Crippen LogP contribution in [0.1, 0.15) is 23.2 Å². The molecule has 1 aliphatic rings. The van der Waals surface area contributed by atoms with Crippen molar-refractivity contribution in [1.29, 1.82) is 0 Å². The van der Waals surface area contributed by atoms with Gasteiger partial charge in [0.25, 0.3) is 5.91 Å². The van der Waals surface area contributed by atoms with E-state index in [9.17, 15) is 9.18 Å². The van der Waals surface area contributed by atoms with Gasteiger partial charge >= 0.3 is 0 Å². The first-order valence-electron chi connectivity index (χ1n) is 6.45. The van der Waals surface area contributed by atoms with Gasteiger partial charge in [-0.1, -0.05) is 0 Å². The zero-order chi connectivity index (χ0) is 13.8. The van der Waals surface area contributed by atoms with E-state index in [1.807, 2.05) is 0 Å². The molecule has 0 saturated carbocycles. The summed E-state index contributed by atoms with van der Waals surface area (Å²) in [6.07, 6.45) is 1.78. The predicted octanol–water partition coefficient (Wildman–Crippen LogP) is 1.91. The number of ether oxygens (including phenoxy) is 1. The van der Waals surface area contributed by atoms with Gasteiger partial charge in [0.15, 0.2) is 0 Å². The summed E-state index contributed by atoms with van der Waals surface area (Å²) in [7, 11) is 1.68. The maximum absolute atomic E-state index is 13.6. The Morgan fingerprint density at radius 1 is 1.47 bits per heavy atom. The standard InChI is InChI=1S/C14H19FN2O2/c1-19-9-10-4-6-17(7-5-10)14(18)12-8-11(16)2-3-13(12)15/h2-3,8,10H,4-7,9,16H2,1H3. The lowest BCUT2D eigenvalue weighted by molar-refractivity contribution is 0.0609. The third kappa shape index (κ3) is 3.23. The number of nitrogen functional groups attached to an aromatic ring is 1. The molecule has 2 rings (SSSR count).